The van der Waals surface area contributed by atoms with E-state index in [1.165, 1.54) is 6.92 Å². The minimum absolute atomic E-state index is 0.0266. The number of primary amides is 1. The number of nitrogens with one attached hydrogen (secondary N) is 4. The molecule has 2 aromatic rings. The van der Waals surface area contributed by atoms with Gasteiger partial charge in [-0.05, 0) is 18.6 Å². The lowest BCUT2D eigenvalue weighted by Gasteiger charge is -2.22. The molecule has 0 fully saturated rings. The van der Waals surface area contributed by atoms with Crippen molar-refractivity contribution < 1.29 is 29.1 Å². The molecule has 34 heavy (non-hydrogen) atoms. The quantitative estimate of drug-likeness (QED) is 0.163. The summed E-state index contributed by atoms with van der Waals surface area (Å²) >= 11 is 4.01. The number of hydrogen-bond acceptors (Lipinski definition) is 7. The maximum atomic E-state index is 12.6. The monoisotopic (exact) mass is 492 g/mol. The van der Waals surface area contributed by atoms with Crippen molar-refractivity contribution >= 4 is 53.1 Å². The zero-order valence-electron chi connectivity index (χ0n) is 18.4. The number of carbonyl (C=O) groups excluding carboxylic acids is 4. The van der Waals surface area contributed by atoms with Crippen LogP contribution in [0.25, 0.3) is 10.9 Å². The summed E-state index contributed by atoms with van der Waals surface area (Å²) in [6.45, 7) is 1.37. The van der Waals surface area contributed by atoms with Crippen molar-refractivity contribution in [2.24, 2.45) is 11.5 Å². The Kier molecular flexibility index (Phi) is 9.45. The maximum absolute atomic E-state index is 12.6. The van der Waals surface area contributed by atoms with Crippen molar-refractivity contribution in [3.8, 4) is 0 Å². The highest BCUT2D eigenvalue weighted by atomic mass is 32.1. The number of carboxylic acids is 1. The number of carbonyl (C=O) groups is 5. The minimum Gasteiger partial charge on any atom is -0.480 e. The van der Waals surface area contributed by atoms with Crippen LogP contribution in [-0.2, 0) is 30.4 Å². The molecular formula is C21H28N6O6S. The van der Waals surface area contributed by atoms with Crippen LogP contribution in [0.1, 0.15) is 18.9 Å². The van der Waals surface area contributed by atoms with Gasteiger partial charge in [0.15, 0.2) is 0 Å². The van der Waals surface area contributed by atoms with E-state index >= 15 is 0 Å². The number of H-pyrrole nitrogens is 1. The van der Waals surface area contributed by atoms with Crippen LogP contribution in [-0.4, -0.2) is 69.6 Å². The van der Waals surface area contributed by atoms with E-state index in [1.807, 2.05) is 24.3 Å². The van der Waals surface area contributed by atoms with Crippen LogP contribution in [0.15, 0.2) is 30.5 Å². The fraction of sp³-hybridized carbons (Fsp3) is 0.381. The molecule has 0 radical (unpaired) electrons. The normalized spacial score (nSPS) is 14.4. The number of rotatable bonds is 12. The molecule has 0 aliphatic rings. The third-order valence-electron chi connectivity index (χ3n) is 5.04. The number of nitrogens with two attached hydrogens (primary N) is 2. The van der Waals surface area contributed by atoms with Gasteiger partial charge in [0.2, 0.25) is 23.6 Å². The van der Waals surface area contributed by atoms with Gasteiger partial charge in [-0.1, -0.05) is 18.2 Å². The van der Waals surface area contributed by atoms with E-state index in [4.69, 9.17) is 11.5 Å². The van der Waals surface area contributed by atoms with Gasteiger partial charge < -0.3 is 37.5 Å². The lowest BCUT2D eigenvalue weighted by Crippen LogP contribution is -2.57. The van der Waals surface area contributed by atoms with E-state index < -0.39 is 60.2 Å². The molecule has 0 saturated carbocycles. The SMILES string of the molecule is CC(NC(=O)C(CS)NC(=O)C(N)CC(N)=O)C(=O)NC(Cc1c[nH]c2ccccc12)C(=O)O. The number of benzene rings is 1. The van der Waals surface area contributed by atoms with E-state index in [1.54, 1.807) is 6.20 Å². The molecule has 13 heteroatoms. The van der Waals surface area contributed by atoms with Gasteiger partial charge in [0, 0.05) is 29.3 Å². The second-order valence-corrected chi connectivity index (χ2v) is 8.08. The van der Waals surface area contributed by atoms with Crippen molar-refractivity contribution in [2.45, 2.75) is 43.9 Å². The predicted octanol–water partition coefficient (Wildman–Crippen LogP) is -1.60. The molecule has 0 aliphatic carbocycles. The van der Waals surface area contributed by atoms with Crippen LogP contribution in [0, 0.1) is 0 Å². The second kappa shape index (κ2) is 12.0. The number of aliphatic carboxylic acids is 1. The predicted molar refractivity (Wildman–Crippen MR) is 127 cm³/mol. The van der Waals surface area contributed by atoms with E-state index in [-0.39, 0.29) is 12.2 Å². The first-order valence-electron chi connectivity index (χ1n) is 10.4. The molecule has 0 aliphatic heterocycles. The highest BCUT2D eigenvalue weighted by Crippen LogP contribution is 2.19. The van der Waals surface area contributed by atoms with Gasteiger partial charge in [0.05, 0.1) is 12.5 Å². The van der Waals surface area contributed by atoms with Crippen molar-refractivity contribution in [1.82, 2.24) is 20.9 Å². The summed E-state index contributed by atoms with van der Waals surface area (Å²) in [5, 5.41) is 17.6. The number of para-hydroxylation sites is 1. The summed E-state index contributed by atoms with van der Waals surface area (Å²) in [5.74, 6) is -4.37. The molecule has 1 aromatic carbocycles. The first kappa shape index (κ1) is 26.7. The zero-order valence-corrected chi connectivity index (χ0v) is 19.3. The number of fused-ring (bicyclic) bond motifs is 1. The first-order chi connectivity index (χ1) is 16.0. The molecule has 2 rings (SSSR count). The smallest absolute Gasteiger partial charge is 0.326 e. The van der Waals surface area contributed by atoms with E-state index in [2.05, 4.69) is 33.6 Å². The van der Waals surface area contributed by atoms with E-state index in [0.29, 0.717) is 5.56 Å². The van der Waals surface area contributed by atoms with Crippen molar-refractivity contribution in [3.05, 3.63) is 36.0 Å². The molecule has 9 N–H and O–H groups in total. The van der Waals surface area contributed by atoms with Crippen LogP contribution in [0.4, 0.5) is 0 Å². The molecule has 4 atom stereocenters. The number of carboxylic acid groups (broad SMARTS) is 1. The Morgan fingerprint density at radius 3 is 2.29 bits per heavy atom. The molecule has 1 heterocycles. The van der Waals surface area contributed by atoms with Gasteiger partial charge in [0.1, 0.15) is 18.1 Å². The lowest BCUT2D eigenvalue weighted by atomic mass is 10.0. The number of thiol groups is 1. The van der Waals surface area contributed by atoms with Gasteiger partial charge in [0.25, 0.3) is 0 Å². The Labute approximate surface area is 200 Å². The summed E-state index contributed by atoms with van der Waals surface area (Å²) in [7, 11) is 0. The summed E-state index contributed by atoms with van der Waals surface area (Å²) in [4.78, 5) is 62.8. The molecule has 0 saturated heterocycles. The number of aromatic nitrogens is 1. The fourth-order valence-corrected chi connectivity index (χ4v) is 3.44. The number of amides is 4. The highest BCUT2D eigenvalue weighted by molar-refractivity contribution is 7.80. The summed E-state index contributed by atoms with van der Waals surface area (Å²) in [6, 6.07) is 2.61. The number of aromatic amines is 1. The van der Waals surface area contributed by atoms with Gasteiger partial charge in [-0.15, -0.1) is 0 Å². The third-order valence-corrected chi connectivity index (χ3v) is 5.40. The van der Waals surface area contributed by atoms with Crippen molar-refractivity contribution in [3.63, 3.8) is 0 Å². The molecule has 4 amide bonds. The van der Waals surface area contributed by atoms with Gasteiger partial charge in [-0.2, -0.15) is 12.6 Å². The standard InChI is InChI=1S/C21H28N6O6S/c1-10(25-20(31)16(9-34)27-19(30)13(22)7-17(23)28)18(29)26-15(21(32)33)6-11-8-24-14-5-3-2-4-12(11)14/h2-5,8,10,13,15-16,24,34H,6-7,9,22H2,1H3,(H2,23,28)(H,25,31)(H,26,29)(H,27,30)(H,32,33). The van der Waals surface area contributed by atoms with Crippen LogP contribution < -0.4 is 27.4 Å². The Bertz CT molecular complexity index is 1070. The lowest BCUT2D eigenvalue weighted by molar-refractivity contribution is -0.142. The molecule has 0 bridgehead atoms. The Morgan fingerprint density at radius 1 is 1.03 bits per heavy atom. The van der Waals surface area contributed by atoms with Crippen LogP contribution >= 0.6 is 12.6 Å². The Hall–Kier alpha value is -3.58. The average Bonchev–Trinajstić information content (AvgIpc) is 3.18. The molecule has 4 unspecified atom stereocenters. The molecule has 1 aromatic heterocycles. The third kappa shape index (κ3) is 7.22. The van der Waals surface area contributed by atoms with Gasteiger partial charge in [-0.3, -0.25) is 19.2 Å². The first-order valence-corrected chi connectivity index (χ1v) is 11.0. The largest absolute Gasteiger partial charge is 0.480 e. The number of hydrogen-bond donors (Lipinski definition) is 8. The molecule has 184 valence electrons. The minimum atomic E-state index is -1.24. The van der Waals surface area contributed by atoms with Crippen LogP contribution in [0.5, 0.6) is 0 Å². The van der Waals surface area contributed by atoms with Crippen molar-refractivity contribution in [2.75, 3.05) is 5.75 Å². The Balaban J connectivity index is 1.98. The van der Waals surface area contributed by atoms with Crippen molar-refractivity contribution in [1.29, 1.82) is 0 Å². The summed E-state index contributed by atoms with van der Waals surface area (Å²) in [6.07, 6.45) is 1.30. The van der Waals surface area contributed by atoms with E-state index in [0.717, 1.165) is 10.9 Å². The zero-order chi connectivity index (χ0) is 25.4. The summed E-state index contributed by atoms with van der Waals surface area (Å²) < 4.78 is 0. The molecular weight excluding hydrogens is 464 g/mol. The Morgan fingerprint density at radius 2 is 1.68 bits per heavy atom. The maximum Gasteiger partial charge on any atom is 0.326 e. The topological polar surface area (TPSA) is 209 Å². The van der Waals surface area contributed by atoms with Gasteiger partial charge in [-0.25, -0.2) is 4.79 Å². The van der Waals surface area contributed by atoms with Crippen LogP contribution in [0.3, 0.4) is 0 Å². The fourth-order valence-electron chi connectivity index (χ4n) is 3.18. The van der Waals surface area contributed by atoms with Crippen LogP contribution in [0.2, 0.25) is 0 Å². The van der Waals surface area contributed by atoms with Gasteiger partial charge >= 0.3 is 5.97 Å². The molecule has 12 nitrogen and oxygen atoms in total. The molecule has 0 spiro atoms. The van der Waals surface area contributed by atoms with E-state index in [9.17, 15) is 29.1 Å². The highest BCUT2D eigenvalue weighted by Gasteiger charge is 2.28. The summed E-state index contributed by atoms with van der Waals surface area (Å²) in [5.41, 5.74) is 12.1. The average molecular weight is 493 g/mol. The second-order valence-electron chi connectivity index (χ2n) is 7.71.